The second-order valence-electron chi connectivity index (χ2n) is 5.43. The molecule has 1 aromatic rings. The molecule has 0 unspecified atom stereocenters. The number of carbonyl (C=O) groups excluding carboxylic acids is 1. The SMILES string of the molecule is CS(=O)(=O)c1cccc(C(=O)N(CCCBr)C2CCC2)c1. The zero-order valence-corrected chi connectivity index (χ0v) is 14.5. The van der Waals surface area contributed by atoms with E-state index in [2.05, 4.69) is 15.9 Å². The number of hydrogen-bond donors (Lipinski definition) is 0. The number of amides is 1. The Morgan fingerprint density at radius 1 is 1.38 bits per heavy atom. The van der Waals surface area contributed by atoms with E-state index in [9.17, 15) is 13.2 Å². The van der Waals surface area contributed by atoms with Crippen LogP contribution in [0, 0.1) is 0 Å². The highest BCUT2D eigenvalue weighted by molar-refractivity contribution is 9.09. The van der Waals surface area contributed by atoms with Crippen LogP contribution in [0.4, 0.5) is 0 Å². The maximum absolute atomic E-state index is 12.7. The minimum Gasteiger partial charge on any atom is -0.336 e. The largest absolute Gasteiger partial charge is 0.336 e. The molecule has 1 amide bonds. The molecule has 0 bridgehead atoms. The fourth-order valence-corrected chi connectivity index (χ4v) is 3.32. The Morgan fingerprint density at radius 2 is 2.10 bits per heavy atom. The lowest BCUT2D eigenvalue weighted by Crippen LogP contribution is -2.44. The molecular formula is C15H20BrNO3S. The van der Waals surface area contributed by atoms with Crippen LogP contribution in [0.1, 0.15) is 36.0 Å². The second-order valence-corrected chi connectivity index (χ2v) is 8.23. The highest BCUT2D eigenvalue weighted by Gasteiger charge is 2.29. The van der Waals surface area contributed by atoms with Crippen molar-refractivity contribution in [1.82, 2.24) is 4.90 Å². The minimum atomic E-state index is -3.29. The summed E-state index contributed by atoms with van der Waals surface area (Å²) in [5.41, 5.74) is 0.458. The first-order chi connectivity index (χ1) is 9.93. The predicted octanol–water partition coefficient (Wildman–Crippen LogP) is 2.87. The maximum atomic E-state index is 12.7. The first kappa shape index (κ1) is 16.5. The van der Waals surface area contributed by atoms with Gasteiger partial charge in [0.25, 0.3) is 5.91 Å². The summed E-state index contributed by atoms with van der Waals surface area (Å²) in [4.78, 5) is 14.8. The summed E-state index contributed by atoms with van der Waals surface area (Å²) in [7, 11) is -3.29. The van der Waals surface area contributed by atoms with Crippen LogP contribution in [-0.4, -0.2) is 43.4 Å². The number of sulfone groups is 1. The number of alkyl halides is 1. The van der Waals surface area contributed by atoms with E-state index in [1.807, 2.05) is 4.90 Å². The molecule has 1 aromatic carbocycles. The average molecular weight is 374 g/mol. The van der Waals surface area contributed by atoms with Crippen molar-refractivity contribution in [1.29, 1.82) is 0 Å². The van der Waals surface area contributed by atoms with E-state index in [0.29, 0.717) is 18.2 Å². The Kier molecular flexibility index (Phi) is 5.43. The van der Waals surface area contributed by atoms with Crippen molar-refractivity contribution >= 4 is 31.7 Å². The van der Waals surface area contributed by atoms with E-state index < -0.39 is 9.84 Å². The quantitative estimate of drug-likeness (QED) is 0.720. The average Bonchev–Trinajstić information content (AvgIpc) is 2.39. The fraction of sp³-hybridized carbons (Fsp3) is 0.533. The number of nitrogens with zero attached hydrogens (tertiary/aromatic N) is 1. The van der Waals surface area contributed by atoms with Gasteiger partial charge in [0.15, 0.2) is 9.84 Å². The zero-order chi connectivity index (χ0) is 15.5. The van der Waals surface area contributed by atoms with Crippen LogP contribution in [0.25, 0.3) is 0 Å². The van der Waals surface area contributed by atoms with Gasteiger partial charge in [0.05, 0.1) is 4.90 Å². The molecule has 0 spiro atoms. The summed E-state index contributed by atoms with van der Waals surface area (Å²) >= 11 is 3.39. The fourth-order valence-electron chi connectivity index (χ4n) is 2.40. The molecule has 0 radical (unpaired) electrons. The lowest BCUT2D eigenvalue weighted by molar-refractivity contribution is 0.0581. The van der Waals surface area contributed by atoms with E-state index >= 15 is 0 Å². The zero-order valence-electron chi connectivity index (χ0n) is 12.1. The van der Waals surface area contributed by atoms with Gasteiger partial charge >= 0.3 is 0 Å². The summed E-state index contributed by atoms with van der Waals surface area (Å²) in [5, 5.41) is 0.854. The standard InChI is InChI=1S/C15H20BrNO3S/c1-21(19,20)14-8-2-5-12(11-14)15(18)17(10-4-9-16)13-6-3-7-13/h2,5,8,11,13H,3-4,6-7,9-10H2,1H3. The molecule has 1 fully saturated rings. The molecule has 4 nitrogen and oxygen atoms in total. The van der Waals surface area contributed by atoms with Gasteiger partial charge in [0.2, 0.25) is 0 Å². The normalized spacial score (nSPS) is 15.5. The van der Waals surface area contributed by atoms with Crippen molar-refractivity contribution in [3.05, 3.63) is 29.8 Å². The number of carbonyl (C=O) groups is 1. The molecule has 2 rings (SSSR count). The highest BCUT2D eigenvalue weighted by Crippen LogP contribution is 2.27. The van der Waals surface area contributed by atoms with Gasteiger partial charge in [0.1, 0.15) is 0 Å². The Labute approximate surface area is 134 Å². The van der Waals surface area contributed by atoms with Crippen LogP contribution in [-0.2, 0) is 9.84 Å². The Morgan fingerprint density at radius 3 is 2.62 bits per heavy atom. The van der Waals surface area contributed by atoms with Gasteiger partial charge in [-0.05, 0) is 43.9 Å². The van der Waals surface area contributed by atoms with Gasteiger partial charge in [-0.25, -0.2) is 8.42 Å². The Bertz CT molecular complexity index is 611. The van der Waals surface area contributed by atoms with Crippen LogP contribution in [0.15, 0.2) is 29.2 Å². The van der Waals surface area contributed by atoms with Crippen LogP contribution >= 0.6 is 15.9 Å². The summed E-state index contributed by atoms with van der Waals surface area (Å²) in [6, 6.07) is 6.64. The lowest BCUT2D eigenvalue weighted by atomic mass is 9.91. The summed E-state index contributed by atoms with van der Waals surface area (Å²) in [6.07, 6.45) is 5.30. The van der Waals surface area contributed by atoms with Crippen molar-refractivity contribution in [3.8, 4) is 0 Å². The van der Waals surface area contributed by atoms with Crippen LogP contribution < -0.4 is 0 Å². The molecule has 0 aromatic heterocycles. The molecular weight excluding hydrogens is 354 g/mol. The molecule has 0 saturated heterocycles. The monoisotopic (exact) mass is 373 g/mol. The third kappa shape index (κ3) is 4.07. The summed E-state index contributed by atoms with van der Waals surface area (Å²) in [6.45, 7) is 0.706. The molecule has 0 N–H and O–H groups in total. The molecule has 21 heavy (non-hydrogen) atoms. The Balaban J connectivity index is 2.23. The molecule has 1 aliphatic rings. The van der Waals surface area contributed by atoms with Gasteiger partial charge in [-0.1, -0.05) is 22.0 Å². The molecule has 116 valence electrons. The minimum absolute atomic E-state index is 0.0637. The maximum Gasteiger partial charge on any atom is 0.254 e. The third-order valence-electron chi connectivity index (χ3n) is 3.82. The van der Waals surface area contributed by atoms with Crippen LogP contribution in [0.5, 0.6) is 0 Å². The van der Waals surface area contributed by atoms with Crippen molar-refractivity contribution < 1.29 is 13.2 Å². The number of hydrogen-bond acceptors (Lipinski definition) is 3. The van der Waals surface area contributed by atoms with E-state index in [1.54, 1.807) is 12.1 Å². The first-order valence-corrected chi connectivity index (χ1v) is 10.1. The van der Waals surface area contributed by atoms with Gasteiger partial charge < -0.3 is 4.90 Å². The predicted molar refractivity (Wildman–Crippen MR) is 86.6 cm³/mol. The topological polar surface area (TPSA) is 54.5 Å². The Hall–Kier alpha value is -0.880. The molecule has 0 aliphatic heterocycles. The third-order valence-corrected chi connectivity index (χ3v) is 5.49. The van der Waals surface area contributed by atoms with Gasteiger partial charge in [-0.3, -0.25) is 4.79 Å². The molecule has 6 heteroatoms. The van der Waals surface area contributed by atoms with Crippen molar-refractivity contribution in [2.45, 2.75) is 36.6 Å². The number of halogens is 1. The van der Waals surface area contributed by atoms with E-state index in [0.717, 1.165) is 37.3 Å². The van der Waals surface area contributed by atoms with Crippen molar-refractivity contribution in [3.63, 3.8) is 0 Å². The highest BCUT2D eigenvalue weighted by atomic mass is 79.9. The lowest BCUT2D eigenvalue weighted by Gasteiger charge is -2.37. The van der Waals surface area contributed by atoms with Crippen LogP contribution in [0.3, 0.4) is 0 Å². The molecule has 0 atom stereocenters. The molecule has 0 heterocycles. The van der Waals surface area contributed by atoms with E-state index in [-0.39, 0.29) is 10.8 Å². The summed E-state index contributed by atoms with van der Waals surface area (Å²) < 4.78 is 23.2. The number of rotatable bonds is 6. The van der Waals surface area contributed by atoms with Crippen LogP contribution in [0.2, 0.25) is 0 Å². The van der Waals surface area contributed by atoms with Gasteiger partial charge in [0, 0.05) is 29.7 Å². The smallest absolute Gasteiger partial charge is 0.254 e. The van der Waals surface area contributed by atoms with Gasteiger partial charge in [-0.2, -0.15) is 0 Å². The molecule has 1 aliphatic carbocycles. The van der Waals surface area contributed by atoms with E-state index in [1.165, 1.54) is 12.1 Å². The van der Waals surface area contributed by atoms with Crippen molar-refractivity contribution in [2.24, 2.45) is 0 Å². The molecule has 1 saturated carbocycles. The number of benzene rings is 1. The second kappa shape index (κ2) is 6.92. The van der Waals surface area contributed by atoms with Crippen molar-refractivity contribution in [2.75, 3.05) is 18.1 Å². The van der Waals surface area contributed by atoms with E-state index in [4.69, 9.17) is 0 Å². The van der Waals surface area contributed by atoms with Gasteiger partial charge in [-0.15, -0.1) is 0 Å². The summed E-state index contributed by atoms with van der Waals surface area (Å²) in [5.74, 6) is -0.0637. The first-order valence-electron chi connectivity index (χ1n) is 7.10.